The predicted molar refractivity (Wildman–Crippen MR) is 214 cm³/mol. The number of aryl methyl sites for hydroxylation is 2. The molecule has 1 heterocycles. The number of nitrogens with zero attached hydrogens (tertiary/aromatic N) is 1. The maximum atomic E-state index is 12.7. The van der Waals surface area contributed by atoms with E-state index in [2.05, 4.69) is 16.0 Å². The van der Waals surface area contributed by atoms with Crippen molar-refractivity contribution in [2.75, 3.05) is 16.0 Å². The number of hydrogen-bond acceptors (Lipinski definition) is 9. The monoisotopic (exact) mass is 798 g/mol. The minimum absolute atomic E-state index is 0.0617. The third-order valence-corrected chi connectivity index (χ3v) is 11.6. The van der Waals surface area contributed by atoms with Crippen LogP contribution in [-0.2, 0) is 20.2 Å². The minimum Gasteiger partial charge on any atom is -0.456 e. The Morgan fingerprint density at radius 1 is 0.679 bits per heavy atom. The first kappa shape index (κ1) is 39.4. The number of carbonyl (C=O) groups is 2. The number of primary amides is 2. The Labute approximate surface area is 322 Å². The van der Waals surface area contributed by atoms with Gasteiger partial charge in [0.2, 0.25) is 0 Å². The molecule has 15 nitrogen and oxygen atoms in total. The summed E-state index contributed by atoms with van der Waals surface area (Å²) < 4.78 is 77.2. The van der Waals surface area contributed by atoms with Crippen LogP contribution in [0.4, 0.5) is 38.0 Å². The van der Waals surface area contributed by atoms with Crippen molar-refractivity contribution in [2.24, 2.45) is 16.5 Å². The highest BCUT2D eigenvalue weighted by atomic mass is 32.2. The summed E-state index contributed by atoms with van der Waals surface area (Å²) >= 11 is 0. The number of carbonyl (C=O) groups excluding carboxylic acids is 2. The number of benzene rings is 5. The van der Waals surface area contributed by atoms with Crippen LogP contribution in [0.2, 0.25) is 0 Å². The van der Waals surface area contributed by atoms with E-state index in [9.17, 15) is 35.5 Å². The zero-order valence-electron chi connectivity index (χ0n) is 31.0. The molecular formula is C39H38N6O9S2. The van der Waals surface area contributed by atoms with Crippen molar-refractivity contribution in [3.8, 4) is 22.5 Å². The number of nitrogens with two attached hydrogens (primary N) is 2. The average molecular weight is 799 g/mol. The molecule has 0 unspecified atom stereocenters. The fraction of sp³-hybridized carbons (Fsp3) is 0.154. The number of rotatable bonds is 8. The summed E-state index contributed by atoms with van der Waals surface area (Å²) in [5.41, 5.74) is 17.2. The van der Waals surface area contributed by atoms with Gasteiger partial charge in [0.1, 0.15) is 21.1 Å². The van der Waals surface area contributed by atoms with Gasteiger partial charge in [-0.05, 0) is 105 Å². The van der Waals surface area contributed by atoms with Crippen LogP contribution < -0.4 is 32.8 Å². The Morgan fingerprint density at radius 2 is 1.32 bits per heavy atom. The molecule has 0 saturated heterocycles. The molecule has 4 aromatic rings. The molecule has 0 aromatic heterocycles. The summed E-state index contributed by atoms with van der Waals surface area (Å²) in [6.45, 7) is 10.1. The van der Waals surface area contributed by atoms with E-state index >= 15 is 0 Å². The first-order chi connectivity index (χ1) is 26.2. The van der Waals surface area contributed by atoms with Crippen LogP contribution in [0.25, 0.3) is 33.4 Å². The van der Waals surface area contributed by atoms with Gasteiger partial charge in [0.15, 0.2) is 0 Å². The molecule has 56 heavy (non-hydrogen) atoms. The molecule has 2 aliphatic rings. The highest BCUT2D eigenvalue weighted by Crippen LogP contribution is 2.44. The van der Waals surface area contributed by atoms with Crippen molar-refractivity contribution < 1.29 is 39.9 Å². The lowest BCUT2D eigenvalue weighted by atomic mass is 9.93. The van der Waals surface area contributed by atoms with Crippen LogP contribution >= 0.6 is 0 Å². The Hall–Kier alpha value is -6.27. The van der Waals surface area contributed by atoms with E-state index in [-0.39, 0.29) is 44.1 Å². The van der Waals surface area contributed by atoms with Gasteiger partial charge in [0, 0.05) is 45.6 Å². The number of hydrogen-bond donors (Lipinski definition) is 7. The summed E-state index contributed by atoms with van der Waals surface area (Å²) in [7, 11) is -9.47. The maximum Gasteiger partial charge on any atom is 0.316 e. The second kappa shape index (κ2) is 14.4. The SMILES string of the molecule is Cc1cc(C)c(Nc2ccc3c(-c4ccccc4S(=O)(=O)O)c4cc/c(=N\c5c(C)c(NC(N)=O)c(C)c(S(=O)(=O)O)c5C)cc-4oc3c2)c(C)c1NC(N)=O. The molecule has 9 N–H and O–H groups in total. The van der Waals surface area contributed by atoms with Crippen molar-refractivity contribution >= 4 is 71.7 Å². The van der Waals surface area contributed by atoms with Gasteiger partial charge < -0.3 is 31.8 Å². The molecule has 1 aliphatic carbocycles. The Morgan fingerprint density at radius 3 is 1.96 bits per heavy atom. The summed E-state index contributed by atoms with van der Waals surface area (Å²) in [6.07, 6.45) is 0. The van der Waals surface area contributed by atoms with E-state index < -0.39 is 37.2 Å². The molecule has 0 saturated carbocycles. The summed E-state index contributed by atoms with van der Waals surface area (Å²) in [4.78, 5) is 27.6. The van der Waals surface area contributed by atoms with Crippen LogP contribution in [0.1, 0.15) is 33.4 Å². The Kier molecular flexibility index (Phi) is 10.2. The second-order valence-corrected chi connectivity index (χ2v) is 16.1. The molecule has 290 valence electrons. The molecule has 1 aliphatic heterocycles. The largest absolute Gasteiger partial charge is 0.456 e. The van der Waals surface area contributed by atoms with Gasteiger partial charge in [0.05, 0.1) is 22.4 Å². The Balaban J connectivity index is 1.64. The van der Waals surface area contributed by atoms with Crippen molar-refractivity contribution in [3.05, 3.63) is 105 Å². The third-order valence-electron chi connectivity index (χ3n) is 9.52. The molecule has 6 rings (SSSR count). The lowest BCUT2D eigenvalue weighted by molar-refractivity contribution is 0.258. The number of anilines is 4. The van der Waals surface area contributed by atoms with Gasteiger partial charge in [-0.15, -0.1) is 0 Å². The van der Waals surface area contributed by atoms with Crippen molar-refractivity contribution in [1.29, 1.82) is 0 Å². The number of urea groups is 2. The van der Waals surface area contributed by atoms with E-state index in [1.165, 1.54) is 26.0 Å². The normalized spacial score (nSPS) is 12.2. The van der Waals surface area contributed by atoms with Gasteiger partial charge in [-0.2, -0.15) is 16.8 Å². The summed E-state index contributed by atoms with van der Waals surface area (Å²) in [5, 5.41) is 9.28. The van der Waals surface area contributed by atoms with Crippen LogP contribution in [0.3, 0.4) is 0 Å². The first-order valence-electron chi connectivity index (χ1n) is 16.9. The lowest BCUT2D eigenvalue weighted by Gasteiger charge is -2.20. The standard InChI is InChI=1S/C39H38N6O9S2/c1-18-15-19(2)34(44-38(40)46)20(3)33(18)42-24-11-13-26-29(16-24)54-30-17-25(12-14-27(30)32(26)28-9-7-8-10-31(28)55(48,49)50)43-35-21(4)36(45-39(41)47)23(6)37(22(35)5)56(51,52)53/h7-17,42H,1-6H3,(H3,40,44,46)(H3,41,45,47)(H,48,49,50)(H,51,52,53)/b43-25+. The number of fused-ring (bicyclic) bond motifs is 2. The summed E-state index contributed by atoms with van der Waals surface area (Å²) in [6, 6.07) is 16.3. The molecule has 4 aromatic carbocycles. The third kappa shape index (κ3) is 7.39. The molecule has 0 radical (unpaired) electrons. The smallest absolute Gasteiger partial charge is 0.316 e. The van der Waals surface area contributed by atoms with Gasteiger partial charge in [-0.1, -0.05) is 24.3 Å². The van der Waals surface area contributed by atoms with E-state index in [4.69, 9.17) is 20.9 Å². The maximum absolute atomic E-state index is 12.7. The quantitative estimate of drug-likeness (QED) is 0.0589. The van der Waals surface area contributed by atoms with Crippen LogP contribution in [0.5, 0.6) is 0 Å². The first-order valence-corrected chi connectivity index (χ1v) is 19.8. The lowest BCUT2D eigenvalue weighted by Crippen LogP contribution is -2.21. The van der Waals surface area contributed by atoms with Crippen LogP contribution in [-0.4, -0.2) is 38.0 Å². The summed E-state index contributed by atoms with van der Waals surface area (Å²) in [5.74, 6) is 0.236. The number of amides is 4. The Bertz CT molecular complexity index is 2920. The van der Waals surface area contributed by atoms with Gasteiger partial charge in [-0.3, -0.25) is 9.11 Å². The van der Waals surface area contributed by atoms with E-state index in [1.807, 2.05) is 26.8 Å². The van der Waals surface area contributed by atoms with Crippen LogP contribution in [0.15, 0.2) is 85.9 Å². The molecule has 0 fully saturated rings. The van der Waals surface area contributed by atoms with Crippen molar-refractivity contribution in [3.63, 3.8) is 0 Å². The van der Waals surface area contributed by atoms with Crippen molar-refractivity contribution in [2.45, 2.75) is 51.3 Å². The molecule has 0 atom stereocenters. The minimum atomic E-state index is -4.78. The molecular weight excluding hydrogens is 761 g/mol. The molecule has 0 spiro atoms. The van der Waals surface area contributed by atoms with E-state index in [0.29, 0.717) is 44.7 Å². The fourth-order valence-electron chi connectivity index (χ4n) is 7.23. The van der Waals surface area contributed by atoms with Crippen molar-refractivity contribution in [1.82, 2.24) is 0 Å². The fourth-order valence-corrected chi connectivity index (χ4v) is 8.90. The topological polar surface area (TPSA) is 257 Å². The highest BCUT2D eigenvalue weighted by Gasteiger charge is 2.27. The predicted octanol–water partition coefficient (Wildman–Crippen LogP) is 7.51. The molecule has 0 bridgehead atoms. The highest BCUT2D eigenvalue weighted by molar-refractivity contribution is 7.86. The average Bonchev–Trinajstić information content (AvgIpc) is 3.10. The van der Waals surface area contributed by atoms with Gasteiger partial charge >= 0.3 is 12.1 Å². The van der Waals surface area contributed by atoms with Crippen LogP contribution in [0, 0.1) is 41.5 Å². The number of nitrogens with one attached hydrogen (secondary N) is 3. The van der Waals surface area contributed by atoms with E-state index in [1.54, 1.807) is 55.5 Å². The zero-order chi connectivity index (χ0) is 41.0. The molecule has 4 amide bonds. The van der Waals surface area contributed by atoms with Gasteiger partial charge in [0.25, 0.3) is 20.2 Å². The van der Waals surface area contributed by atoms with Gasteiger partial charge in [-0.25, -0.2) is 14.6 Å². The van der Waals surface area contributed by atoms with E-state index in [0.717, 1.165) is 16.7 Å². The second-order valence-electron chi connectivity index (χ2n) is 13.3. The molecule has 17 heteroatoms. The zero-order valence-corrected chi connectivity index (χ0v) is 32.7.